The molecule has 0 fully saturated rings. The number of nitrogens with two attached hydrogens (primary N) is 1. The molecule has 102 valence electrons. The topological polar surface area (TPSA) is 58.6 Å². The molecule has 0 bridgehead atoms. The molecule has 0 aliphatic heterocycles. The van der Waals surface area contributed by atoms with Gasteiger partial charge in [-0.1, -0.05) is 18.7 Å². The Morgan fingerprint density at radius 1 is 1.42 bits per heavy atom. The van der Waals surface area contributed by atoms with Gasteiger partial charge in [0.1, 0.15) is 5.60 Å². The minimum absolute atomic E-state index is 0.430. The molecule has 1 aromatic carbocycles. The Bertz CT molecular complexity index is 534. The van der Waals surface area contributed by atoms with Gasteiger partial charge in [-0.25, -0.2) is 0 Å². The largest absolute Gasteiger partial charge is 0.399 e. The lowest BCUT2D eigenvalue weighted by Crippen LogP contribution is -2.19. The van der Waals surface area contributed by atoms with Gasteiger partial charge in [0, 0.05) is 11.9 Å². The highest BCUT2D eigenvalue weighted by Crippen LogP contribution is 2.20. The summed E-state index contributed by atoms with van der Waals surface area (Å²) in [6.45, 7) is 11.0. The number of rotatable bonds is 4. The maximum atomic E-state index is 9.77. The summed E-state index contributed by atoms with van der Waals surface area (Å²) in [5, 5.41) is 9.77. The first-order valence-corrected chi connectivity index (χ1v) is 6.24. The minimum Gasteiger partial charge on any atom is -0.399 e. The summed E-state index contributed by atoms with van der Waals surface area (Å²) >= 11 is 0. The molecule has 0 saturated carbocycles. The zero-order chi connectivity index (χ0) is 14.6. The van der Waals surface area contributed by atoms with Crippen LogP contribution in [0, 0.1) is 6.92 Å². The molecule has 0 unspecified atom stereocenters. The van der Waals surface area contributed by atoms with Gasteiger partial charge in [0.25, 0.3) is 0 Å². The molecule has 19 heavy (non-hydrogen) atoms. The molecule has 0 aliphatic rings. The van der Waals surface area contributed by atoms with E-state index in [2.05, 4.69) is 11.6 Å². The molecule has 0 aromatic heterocycles. The van der Waals surface area contributed by atoms with Crippen molar-refractivity contribution in [2.45, 2.75) is 33.3 Å². The zero-order valence-electron chi connectivity index (χ0n) is 12.1. The summed E-state index contributed by atoms with van der Waals surface area (Å²) < 4.78 is 0. The molecular weight excluding hydrogens is 236 g/mol. The molecule has 0 spiro atoms. The van der Waals surface area contributed by atoms with Crippen LogP contribution in [-0.2, 0) is 0 Å². The number of aryl methyl sites for hydroxylation is 1. The Balaban J connectivity index is 3.00. The molecule has 1 rings (SSSR count). The number of nitrogen functional groups attached to an aromatic ring is 1. The van der Waals surface area contributed by atoms with Gasteiger partial charge >= 0.3 is 0 Å². The number of anilines is 1. The molecule has 0 radical (unpaired) electrons. The molecule has 3 heteroatoms. The van der Waals surface area contributed by atoms with Gasteiger partial charge in [0.05, 0.1) is 5.70 Å². The second-order valence-electron chi connectivity index (χ2n) is 5.08. The number of hydrogen-bond acceptors (Lipinski definition) is 3. The van der Waals surface area contributed by atoms with Crippen LogP contribution in [0.15, 0.2) is 41.5 Å². The van der Waals surface area contributed by atoms with E-state index < -0.39 is 5.60 Å². The van der Waals surface area contributed by atoms with Crippen molar-refractivity contribution in [3.8, 4) is 0 Å². The Morgan fingerprint density at radius 2 is 2.05 bits per heavy atom. The van der Waals surface area contributed by atoms with Crippen molar-refractivity contribution >= 4 is 17.5 Å². The number of benzene rings is 1. The average molecular weight is 258 g/mol. The van der Waals surface area contributed by atoms with Crippen molar-refractivity contribution in [1.82, 2.24) is 0 Å². The van der Waals surface area contributed by atoms with E-state index in [0.29, 0.717) is 5.70 Å². The zero-order valence-corrected chi connectivity index (χ0v) is 12.1. The lowest BCUT2D eigenvalue weighted by Gasteiger charge is -2.16. The predicted octanol–water partition coefficient (Wildman–Crippen LogP) is 3.34. The molecule has 0 saturated heterocycles. The normalized spacial score (nSPS) is 13.0. The van der Waals surface area contributed by atoms with Crippen molar-refractivity contribution < 1.29 is 5.11 Å². The SMILES string of the molecule is C=C(N=C/C(=C\C)c1ccc(N)c(C)c1)C(C)(C)O. The van der Waals surface area contributed by atoms with Gasteiger partial charge in [-0.3, -0.25) is 4.99 Å². The minimum atomic E-state index is -1.01. The van der Waals surface area contributed by atoms with Gasteiger partial charge < -0.3 is 10.8 Å². The van der Waals surface area contributed by atoms with Crippen molar-refractivity contribution in [3.63, 3.8) is 0 Å². The van der Waals surface area contributed by atoms with E-state index in [1.54, 1.807) is 20.1 Å². The van der Waals surface area contributed by atoms with E-state index in [1.807, 2.05) is 38.1 Å². The maximum absolute atomic E-state index is 9.77. The van der Waals surface area contributed by atoms with Crippen molar-refractivity contribution in [1.29, 1.82) is 0 Å². The summed E-state index contributed by atoms with van der Waals surface area (Å²) in [5.41, 5.74) is 9.05. The van der Waals surface area contributed by atoms with Crippen LogP contribution >= 0.6 is 0 Å². The number of nitrogens with zero attached hydrogens (tertiary/aromatic N) is 1. The fraction of sp³-hybridized carbons (Fsp3) is 0.312. The molecule has 0 aliphatic carbocycles. The fourth-order valence-electron chi connectivity index (χ4n) is 1.48. The van der Waals surface area contributed by atoms with E-state index in [9.17, 15) is 5.11 Å². The highest BCUT2D eigenvalue weighted by Gasteiger charge is 2.15. The van der Waals surface area contributed by atoms with E-state index in [4.69, 9.17) is 5.73 Å². The van der Waals surface area contributed by atoms with Gasteiger partial charge in [0.15, 0.2) is 0 Å². The van der Waals surface area contributed by atoms with E-state index in [-0.39, 0.29) is 0 Å². The van der Waals surface area contributed by atoms with Crippen LogP contribution in [0.2, 0.25) is 0 Å². The van der Waals surface area contributed by atoms with Crippen molar-refractivity contribution in [2.75, 3.05) is 5.73 Å². The molecule has 0 amide bonds. The second-order valence-corrected chi connectivity index (χ2v) is 5.08. The van der Waals surface area contributed by atoms with Gasteiger partial charge in [-0.2, -0.15) is 0 Å². The smallest absolute Gasteiger partial charge is 0.100 e. The van der Waals surface area contributed by atoms with Gasteiger partial charge in [-0.15, -0.1) is 0 Å². The fourth-order valence-corrected chi connectivity index (χ4v) is 1.48. The quantitative estimate of drug-likeness (QED) is 0.643. The molecular formula is C16H22N2O. The first-order chi connectivity index (χ1) is 8.75. The highest BCUT2D eigenvalue weighted by molar-refractivity contribution is 6.10. The standard InChI is InChI=1S/C16H22N2O/c1-6-13(10-18-12(3)16(4,5)19)14-7-8-15(17)11(2)9-14/h6-10,19H,3,17H2,1-2,4-5H3/b13-6+,18-10?. The summed E-state index contributed by atoms with van der Waals surface area (Å²) in [7, 11) is 0. The maximum Gasteiger partial charge on any atom is 0.100 e. The van der Waals surface area contributed by atoms with Crippen LogP contribution < -0.4 is 5.73 Å². The first-order valence-electron chi connectivity index (χ1n) is 6.24. The molecule has 0 heterocycles. The van der Waals surface area contributed by atoms with E-state index in [1.165, 1.54) is 0 Å². The lowest BCUT2D eigenvalue weighted by molar-refractivity contribution is 0.119. The number of aliphatic imine (C=N–C) groups is 1. The Labute approximate surface area is 115 Å². The van der Waals surface area contributed by atoms with Gasteiger partial charge in [-0.05, 0) is 56.5 Å². The number of allylic oxidation sites excluding steroid dienone is 2. The van der Waals surface area contributed by atoms with Crippen LogP contribution in [0.25, 0.3) is 5.57 Å². The van der Waals surface area contributed by atoms with E-state index >= 15 is 0 Å². The molecule has 3 N–H and O–H groups in total. The molecule has 0 atom stereocenters. The van der Waals surface area contributed by atoms with Crippen molar-refractivity contribution in [3.05, 3.63) is 47.7 Å². The van der Waals surface area contributed by atoms with Crippen LogP contribution in [0.5, 0.6) is 0 Å². The molecule has 1 aromatic rings. The van der Waals surface area contributed by atoms with Crippen LogP contribution in [-0.4, -0.2) is 16.9 Å². The third kappa shape index (κ3) is 4.07. The third-order valence-corrected chi connectivity index (χ3v) is 2.98. The van der Waals surface area contributed by atoms with Gasteiger partial charge in [0.2, 0.25) is 0 Å². The third-order valence-electron chi connectivity index (χ3n) is 2.98. The lowest BCUT2D eigenvalue weighted by atomic mass is 10.0. The number of aliphatic hydroxyl groups is 1. The van der Waals surface area contributed by atoms with Crippen LogP contribution in [0.1, 0.15) is 31.9 Å². The summed E-state index contributed by atoms with van der Waals surface area (Å²) in [6, 6.07) is 5.85. The Kier molecular flexibility index (Phi) is 4.67. The summed E-state index contributed by atoms with van der Waals surface area (Å²) in [6.07, 6.45) is 3.68. The predicted molar refractivity (Wildman–Crippen MR) is 83.2 cm³/mol. The van der Waals surface area contributed by atoms with Crippen molar-refractivity contribution in [2.24, 2.45) is 4.99 Å². The number of hydrogen-bond donors (Lipinski definition) is 2. The second kappa shape index (κ2) is 5.85. The summed E-state index contributed by atoms with van der Waals surface area (Å²) in [5.74, 6) is 0. The monoisotopic (exact) mass is 258 g/mol. The summed E-state index contributed by atoms with van der Waals surface area (Å²) in [4.78, 5) is 4.23. The average Bonchev–Trinajstić information content (AvgIpc) is 2.32. The van der Waals surface area contributed by atoms with Crippen LogP contribution in [0.4, 0.5) is 5.69 Å². The Morgan fingerprint density at radius 3 is 2.53 bits per heavy atom. The Hall–Kier alpha value is -1.87. The van der Waals surface area contributed by atoms with Crippen LogP contribution in [0.3, 0.4) is 0 Å². The first kappa shape index (κ1) is 15.2. The molecule has 3 nitrogen and oxygen atoms in total. The van der Waals surface area contributed by atoms with E-state index in [0.717, 1.165) is 22.4 Å². The highest BCUT2D eigenvalue weighted by atomic mass is 16.3.